The molecule has 0 aliphatic heterocycles. The van der Waals surface area contributed by atoms with E-state index in [0.29, 0.717) is 10.2 Å². The van der Waals surface area contributed by atoms with E-state index in [1.54, 1.807) is 18.2 Å². The van der Waals surface area contributed by atoms with Crippen molar-refractivity contribution in [2.45, 2.75) is 0 Å². The lowest BCUT2D eigenvalue weighted by atomic mass is 10.3. The molecule has 0 aliphatic rings. The summed E-state index contributed by atoms with van der Waals surface area (Å²) in [6, 6.07) is 7.81. The SMILES string of the molecule is COc1ccc(Oc2ncccc2Br)c([N+](=O)[O-])c1. The molecule has 0 saturated carbocycles. The predicted octanol–water partition coefficient (Wildman–Crippen LogP) is 3.55. The molecule has 0 fully saturated rings. The van der Waals surface area contributed by atoms with Crippen LogP contribution < -0.4 is 9.47 Å². The summed E-state index contributed by atoms with van der Waals surface area (Å²) in [5.41, 5.74) is -0.183. The molecule has 0 aliphatic carbocycles. The highest BCUT2D eigenvalue weighted by atomic mass is 79.9. The normalized spacial score (nSPS) is 10.0. The minimum atomic E-state index is -0.533. The summed E-state index contributed by atoms with van der Waals surface area (Å²) in [4.78, 5) is 14.5. The molecule has 0 unspecified atom stereocenters. The first kappa shape index (κ1) is 13.3. The van der Waals surface area contributed by atoms with Crippen LogP contribution in [0.5, 0.6) is 17.4 Å². The second kappa shape index (κ2) is 5.66. The lowest BCUT2D eigenvalue weighted by molar-refractivity contribution is -0.385. The molecule has 7 heteroatoms. The van der Waals surface area contributed by atoms with Gasteiger partial charge in [-0.15, -0.1) is 0 Å². The molecule has 0 atom stereocenters. The Bertz CT molecular complexity index is 618. The zero-order chi connectivity index (χ0) is 13.8. The van der Waals surface area contributed by atoms with Gasteiger partial charge in [0, 0.05) is 6.20 Å². The van der Waals surface area contributed by atoms with Crippen LogP contribution in [0.1, 0.15) is 0 Å². The van der Waals surface area contributed by atoms with Gasteiger partial charge in [0.25, 0.3) is 0 Å². The zero-order valence-electron chi connectivity index (χ0n) is 9.87. The average Bonchev–Trinajstić information content (AvgIpc) is 2.41. The molecule has 1 heterocycles. The second-order valence-corrected chi connectivity index (χ2v) is 4.34. The number of rotatable bonds is 4. The number of halogens is 1. The molecule has 98 valence electrons. The number of aromatic nitrogens is 1. The molecule has 0 radical (unpaired) electrons. The smallest absolute Gasteiger partial charge is 0.315 e. The van der Waals surface area contributed by atoms with Crippen LogP contribution in [0, 0.1) is 10.1 Å². The molecular weight excluding hydrogens is 316 g/mol. The van der Waals surface area contributed by atoms with Crippen LogP contribution in [0.25, 0.3) is 0 Å². The number of methoxy groups -OCH3 is 1. The van der Waals surface area contributed by atoms with Crippen molar-refractivity contribution in [1.29, 1.82) is 0 Å². The molecular formula is C12H9BrN2O4. The van der Waals surface area contributed by atoms with Crippen LogP contribution in [0.15, 0.2) is 41.0 Å². The lowest BCUT2D eigenvalue weighted by Gasteiger charge is -2.07. The van der Waals surface area contributed by atoms with Crippen LogP contribution in [0.2, 0.25) is 0 Å². The Morgan fingerprint density at radius 1 is 1.37 bits per heavy atom. The largest absolute Gasteiger partial charge is 0.496 e. The Balaban J connectivity index is 2.40. The summed E-state index contributed by atoms with van der Waals surface area (Å²) in [6.45, 7) is 0. The fourth-order valence-corrected chi connectivity index (χ4v) is 1.74. The molecule has 0 bridgehead atoms. The molecule has 0 N–H and O–H groups in total. The standard InChI is InChI=1S/C12H9BrN2O4/c1-18-8-4-5-11(10(7-8)15(16)17)19-12-9(13)3-2-6-14-12/h2-7H,1H3. The van der Waals surface area contributed by atoms with Gasteiger partial charge in [-0.25, -0.2) is 4.98 Å². The van der Waals surface area contributed by atoms with Crippen molar-refractivity contribution in [3.05, 3.63) is 51.1 Å². The molecule has 0 spiro atoms. The van der Waals surface area contributed by atoms with Crippen molar-refractivity contribution < 1.29 is 14.4 Å². The maximum atomic E-state index is 11.0. The van der Waals surface area contributed by atoms with E-state index in [-0.39, 0.29) is 17.3 Å². The Hall–Kier alpha value is -2.15. The highest BCUT2D eigenvalue weighted by molar-refractivity contribution is 9.10. The van der Waals surface area contributed by atoms with Crippen molar-refractivity contribution >= 4 is 21.6 Å². The van der Waals surface area contributed by atoms with Crippen LogP contribution in [0.4, 0.5) is 5.69 Å². The number of nitrogens with zero attached hydrogens (tertiary/aromatic N) is 2. The Morgan fingerprint density at radius 2 is 2.16 bits per heavy atom. The van der Waals surface area contributed by atoms with Crippen molar-refractivity contribution in [1.82, 2.24) is 4.98 Å². The van der Waals surface area contributed by atoms with Crippen LogP contribution >= 0.6 is 15.9 Å². The molecule has 1 aromatic carbocycles. The monoisotopic (exact) mass is 324 g/mol. The summed E-state index contributed by atoms with van der Waals surface area (Å²) in [7, 11) is 1.44. The van der Waals surface area contributed by atoms with Crippen molar-refractivity contribution in [3.8, 4) is 17.4 Å². The molecule has 19 heavy (non-hydrogen) atoms. The van der Waals surface area contributed by atoms with Crippen LogP contribution in [0.3, 0.4) is 0 Å². The summed E-state index contributed by atoms with van der Waals surface area (Å²) < 4.78 is 11.0. The third-order valence-corrected chi connectivity index (χ3v) is 2.90. The first-order valence-electron chi connectivity index (χ1n) is 5.22. The fraction of sp³-hybridized carbons (Fsp3) is 0.0833. The van der Waals surface area contributed by atoms with E-state index in [1.165, 1.54) is 25.4 Å². The summed E-state index contributed by atoms with van der Waals surface area (Å²) in [6.07, 6.45) is 1.54. The van der Waals surface area contributed by atoms with Gasteiger partial charge in [0.15, 0.2) is 0 Å². The van der Waals surface area contributed by atoms with E-state index in [2.05, 4.69) is 20.9 Å². The zero-order valence-corrected chi connectivity index (χ0v) is 11.5. The molecule has 0 amide bonds. The summed E-state index contributed by atoms with van der Waals surface area (Å²) >= 11 is 3.26. The predicted molar refractivity (Wildman–Crippen MR) is 71.7 cm³/mol. The van der Waals surface area contributed by atoms with Crippen molar-refractivity contribution in [3.63, 3.8) is 0 Å². The van der Waals surface area contributed by atoms with Gasteiger partial charge >= 0.3 is 5.69 Å². The molecule has 2 rings (SSSR count). The Kier molecular flexibility index (Phi) is 3.96. The molecule has 2 aromatic rings. The number of pyridine rings is 1. The minimum absolute atomic E-state index is 0.102. The third-order valence-electron chi connectivity index (χ3n) is 2.29. The van der Waals surface area contributed by atoms with Gasteiger partial charge in [0.1, 0.15) is 5.75 Å². The molecule has 1 aromatic heterocycles. The minimum Gasteiger partial charge on any atom is -0.496 e. The molecule has 0 saturated heterocycles. The van der Waals surface area contributed by atoms with Crippen LogP contribution in [-0.2, 0) is 0 Å². The maximum Gasteiger partial charge on any atom is 0.315 e. The number of nitro groups is 1. The van der Waals surface area contributed by atoms with Gasteiger partial charge in [0.05, 0.1) is 22.6 Å². The second-order valence-electron chi connectivity index (χ2n) is 3.48. The lowest BCUT2D eigenvalue weighted by Crippen LogP contribution is -1.96. The van der Waals surface area contributed by atoms with E-state index in [4.69, 9.17) is 9.47 Å². The highest BCUT2D eigenvalue weighted by Gasteiger charge is 2.18. The highest BCUT2D eigenvalue weighted by Crippen LogP contribution is 2.35. The topological polar surface area (TPSA) is 74.5 Å². The number of benzene rings is 1. The van der Waals surface area contributed by atoms with Gasteiger partial charge in [-0.1, -0.05) is 0 Å². The van der Waals surface area contributed by atoms with Crippen molar-refractivity contribution in [2.24, 2.45) is 0 Å². The number of ether oxygens (including phenoxy) is 2. The third kappa shape index (κ3) is 3.00. The van der Waals surface area contributed by atoms with E-state index >= 15 is 0 Å². The first-order valence-corrected chi connectivity index (χ1v) is 6.02. The van der Waals surface area contributed by atoms with E-state index in [1.807, 2.05) is 0 Å². The van der Waals surface area contributed by atoms with Gasteiger partial charge in [-0.3, -0.25) is 10.1 Å². The van der Waals surface area contributed by atoms with Gasteiger partial charge in [-0.05, 0) is 40.2 Å². The number of hydrogen-bond acceptors (Lipinski definition) is 5. The number of hydrogen-bond donors (Lipinski definition) is 0. The molecule has 6 nitrogen and oxygen atoms in total. The van der Waals surface area contributed by atoms with E-state index < -0.39 is 4.92 Å². The maximum absolute atomic E-state index is 11.0. The Labute approximate surface area is 117 Å². The summed E-state index contributed by atoms with van der Waals surface area (Å²) in [5, 5.41) is 11.0. The van der Waals surface area contributed by atoms with Crippen molar-refractivity contribution in [2.75, 3.05) is 7.11 Å². The summed E-state index contributed by atoms with van der Waals surface area (Å²) in [5.74, 6) is 0.750. The van der Waals surface area contributed by atoms with Gasteiger partial charge < -0.3 is 9.47 Å². The first-order chi connectivity index (χ1) is 9.11. The quantitative estimate of drug-likeness (QED) is 0.635. The fourth-order valence-electron chi connectivity index (χ4n) is 1.40. The van der Waals surface area contributed by atoms with Crippen LogP contribution in [-0.4, -0.2) is 17.0 Å². The Morgan fingerprint density at radius 3 is 2.79 bits per heavy atom. The van der Waals surface area contributed by atoms with Gasteiger partial charge in [0.2, 0.25) is 11.6 Å². The van der Waals surface area contributed by atoms with E-state index in [9.17, 15) is 10.1 Å². The number of nitro benzene ring substituents is 1. The van der Waals surface area contributed by atoms with E-state index in [0.717, 1.165) is 0 Å². The average molecular weight is 325 g/mol. The van der Waals surface area contributed by atoms with Gasteiger partial charge in [-0.2, -0.15) is 0 Å².